The summed E-state index contributed by atoms with van der Waals surface area (Å²) in [6, 6.07) is 4.09. The van der Waals surface area contributed by atoms with Crippen LogP contribution in [0.5, 0.6) is 0 Å². The number of nitrogens with two attached hydrogens (primary N) is 1. The van der Waals surface area contributed by atoms with Gasteiger partial charge in [0, 0.05) is 11.1 Å². The van der Waals surface area contributed by atoms with Gasteiger partial charge in [-0.2, -0.15) is 0 Å². The largest absolute Gasteiger partial charge is 0.322 e. The average molecular weight is 301 g/mol. The molecule has 0 saturated heterocycles. The third-order valence-corrected chi connectivity index (χ3v) is 4.84. The lowest BCUT2D eigenvalue weighted by atomic mass is 9.86. The van der Waals surface area contributed by atoms with Gasteiger partial charge in [0.15, 0.2) is 4.96 Å². The smallest absolute Gasteiger partial charge is 0.266 e. The van der Waals surface area contributed by atoms with Crippen molar-refractivity contribution in [2.75, 3.05) is 0 Å². The minimum absolute atomic E-state index is 0.128. The molecule has 0 radical (unpaired) electrons. The Morgan fingerprint density at radius 2 is 2.29 bits per heavy atom. The molecular weight excluding hydrogens is 289 g/mol. The van der Waals surface area contributed by atoms with Gasteiger partial charge in [0.1, 0.15) is 5.82 Å². The Bertz CT molecular complexity index is 944. The summed E-state index contributed by atoms with van der Waals surface area (Å²) >= 11 is 1.42. The fourth-order valence-corrected chi connectivity index (χ4v) is 3.79. The summed E-state index contributed by atoms with van der Waals surface area (Å²) in [6.07, 6.45) is 0.493. The number of thiazole rings is 1. The lowest BCUT2D eigenvalue weighted by Crippen LogP contribution is -2.28. The van der Waals surface area contributed by atoms with Gasteiger partial charge in [-0.15, -0.1) is 11.3 Å². The monoisotopic (exact) mass is 301 g/mol. The van der Waals surface area contributed by atoms with Crippen molar-refractivity contribution in [3.8, 4) is 11.1 Å². The highest BCUT2D eigenvalue weighted by atomic mass is 32.1. The van der Waals surface area contributed by atoms with Crippen LogP contribution in [0.4, 0.5) is 4.39 Å². The molecule has 4 nitrogen and oxygen atoms in total. The van der Waals surface area contributed by atoms with Crippen LogP contribution >= 0.6 is 11.3 Å². The van der Waals surface area contributed by atoms with Gasteiger partial charge in [-0.25, -0.2) is 9.37 Å². The van der Waals surface area contributed by atoms with E-state index in [0.29, 0.717) is 22.6 Å². The van der Waals surface area contributed by atoms with E-state index < -0.39 is 0 Å². The summed E-state index contributed by atoms with van der Waals surface area (Å²) in [5.41, 5.74) is 9.49. The topological polar surface area (TPSA) is 60.4 Å². The minimum Gasteiger partial charge on any atom is -0.322 e. The van der Waals surface area contributed by atoms with Crippen molar-refractivity contribution in [2.24, 2.45) is 5.73 Å². The van der Waals surface area contributed by atoms with E-state index in [0.717, 1.165) is 16.8 Å². The Morgan fingerprint density at radius 1 is 1.48 bits per heavy atom. The average Bonchev–Trinajstić information content (AvgIpc) is 2.81. The van der Waals surface area contributed by atoms with Crippen LogP contribution in [0.3, 0.4) is 0 Å². The molecule has 6 heteroatoms. The second-order valence-corrected chi connectivity index (χ2v) is 6.12. The molecule has 1 aliphatic carbocycles. The van der Waals surface area contributed by atoms with Crippen molar-refractivity contribution in [1.82, 2.24) is 9.38 Å². The van der Waals surface area contributed by atoms with Gasteiger partial charge in [-0.3, -0.25) is 9.20 Å². The lowest BCUT2D eigenvalue weighted by Gasteiger charge is -2.23. The number of halogens is 1. The fraction of sp³-hybridized carbons (Fsp3) is 0.200. The van der Waals surface area contributed by atoms with E-state index in [1.54, 1.807) is 10.5 Å². The number of hydrogen-bond donors (Lipinski definition) is 1. The lowest BCUT2D eigenvalue weighted by molar-refractivity contribution is 0.619. The van der Waals surface area contributed by atoms with Crippen LogP contribution in [0.2, 0.25) is 0 Å². The molecule has 1 aromatic carbocycles. The van der Waals surface area contributed by atoms with Gasteiger partial charge in [0.25, 0.3) is 5.56 Å². The molecule has 2 heterocycles. The molecule has 3 aromatic rings. The predicted molar refractivity (Wildman–Crippen MR) is 80.1 cm³/mol. The number of fused-ring (bicyclic) bond motifs is 4. The van der Waals surface area contributed by atoms with Crippen molar-refractivity contribution in [1.29, 1.82) is 0 Å². The Balaban J connectivity index is 2.16. The van der Waals surface area contributed by atoms with Crippen LogP contribution in [0.25, 0.3) is 16.1 Å². The highest BCUT2D eigenvalue weighted by Crippen LogP contribution is 2.35. The molecule has 2 N–H and O–H groups in total. The summed E-state index contributed by atoms with van der Waals surface area (Å²) in [6.45, 7) is 1.87. The van der Waals surface area contributed by atoms with E-state index in [2.05, 4.69) is 4.98 Å². The Morgan fingerprint density at radius 3 is 3.10 bits per heavy atom. The van der Waals surface area contributed by atoms with Crippen molar-refractivity contribution in [3.05, 3.63) is 56.7 Å². The van der Waals surface area contributed by atoms with Crippen LogP contribution in [-0.4, -0.2) is 9.38 Å². The molecule has 2 aromatic heterocycles. The number of nitrogens with zero attached hydrogens (tertiary/aromatic N) is 2. The molecule has 1 unspecified atom stereocenters. The number of aromatic nitrogens is 2. The second kappa shape index (κ2) is 4.22. The Kier molecular flexibility index (Phi) is 2.55. The van der Waals surface area contributed by atoms with Crippen LogP contribution in [-0.2, 0) is 6.42 Å². The molecule has 0 aliphatic heterocycles. The molecule has 0 fully saturated rings. The molecule has 4 rings (SSSR count). The zero-order chi connectivity index (χ0) is 14.7. The van der Waals surface area contributed by atoms with Crippen LogP contribution in [0.1, 0.15) is 23.0 Å². The highest BCUT2D eigenvalue weighted by molar-refractivity contribution is 7.15. The first-order valence-electron chi connectivity index (χ1n) is 6.61. The molecular formula is C15H12FN3OS. The van der Waals surface area contributed by atoms with Crippen molar-refractivity contribution < 1.29 is 4.39 Å². The fourth-order valence-electron chi connectivity index (χ4n) is 2.93. The Labute approximate surface area is 123 Å². The number of rotatable bonds is 0. The first kappa shape index (κ1) is 12.7. The maximum Gasteiger partial charge on any atom is 0.266 e. The zero-order valence-electron chi connectivity index (χ0n) is 11.3. The summed E-state index contributed by atoms with van der Waals surface area (Å²) in [4.78, 5) is 18.0. The maximum atomic E-state index is 13.4. The normalized spacial score (nSPS) is 16.8. The zero-order valence-corrected chi connectivity index (χ0v) is 12.1. The number of benzene rings is 1. The van der Waals surface area contributed by atoms with Gasteiger partial charge < -0.3 is 5.73 Å². The molecule has 1 aliphatic rings. The minimum atomic E-state index is -0.380. The van der Waals surface area contributed by atoms with Gasteiger partial charge in [-0.1, -0.05) is 6.07 Å². The number of aryl methyl sites for hydroxylation is 1. The first-order valence-corrected chi connectivity index (χ1v) is 7.49. The summed E-state index contributed by atoms with van der Waals surface area (Å²) < 4.78 is 15.0. The van der Waals surface area contributed by atoms with Crippen LogP contribution in [0.15, 0.2) is 28.4 Å². The van der Waals surface area contributed by atoms with E-state index in [1.165, 1.54) is 23.5 Å². The SMILES string of the molecule is Cc1csc2nc3c(c(=O)n12)-c1ccc(F)cc1CC3N. The third-order valence-electron chi connectivity index (χ3n) is 3.90. The second-order valence-electron chi connectivity index (χ2n) is 5.28. The molecule has 106 valence electrons. The molecule has 1 atom stereocenters. The summed E-state index contributed by atoms with van der Waals surface area (Å²) in [7, 11) is 0. The number of hydrogen-bond acceptors (Lipinski definition) is 4. The van der Waals surface area contributed by atoms with Crippen molar-refractivity contribution in [3.63, 3.8) is 0 Å². The van der Waals surface area contributed by atoms with E-state index in [1.807, 2.05) is 12.3 Å². The predicted octanol–water partition coefficient (Wildman–Crippen LogP) is 2.43. The van der Waals surface area contributed by atoms with E-state index in [4.69, 9.17) is 5.73 Å². The van der Waals surface area contributed by atoms with Gasteiger partial charge in [0.2, 0.25) is 0 Å². The van der Waals surface area contributed by atoms with Crippen molar-refractivity contribution >= 4 is 16.3 Å². The molecule has 21 heavy (non-hydrogen) atoms. The van der Waals surface area contributed by atoms with E-state index in [9.17, 15) is 9.18 Å². The maximum absolute atomic E-state index is 13.4. The van der Waals surface area contributed by atoms with Crippen LogP contribution < -0.4 is 11.3 Å². The third kappa shape index (κ3) is 1.69. The van der Waals surface area contributed by atoms with E-state index >= 15 is 0 Å². The first-order chi connectivity index (χ1) is 10.1. The van der Waals surface area contributed by atoms with E-state index in [-0.39, 0.29) is 17.4 Å². The highest BCUT2D eigenvalue weighted by Gasteiger charge is 2.28. The Hall–Kier alpha value is -2.05. The van der Waals surface area contributed by atoms with Gasteiger partial charge >= 0.3 is 0 Å². The summed E-state index contributed by atoms with van der Waals surface area (Å²) in [5, 5.41) is 1.90. The molecule has 0 saturated carbocycles. The van der Waals surface area contributed by atoms with Gasteiger partial charge in [-0.05, 0) is 36.6 Å². The summed E-state index contributed by atoms with van der Waals surface area (Å²) in [5.74, 6) is -0.315. The standard InChI is InChI=1S/C15H12FN3OS/c1-7-6-21-15-18-13-11(17)5-8-4-9(16)2-3-10(8)12(13)14(20)19(7)15/h2-4,6,11H,5,17H2,1H3. The van der Waals surface area contributed by atoms with Crippen LogP contribution in [0, 0.1) is 12.7 Å². The van der Waals surface area contributed by atoms with Gasteiger partial charge in [0.05, 0.1) is 17.3 Å². The van der Waals surface area contributed by atoms with Crippen molar-refractivity contribution in [2.45, 2.75) is 19.4 Å². The molecule has 0 amide bonds. The molecule has 0 bridgehead atoms. The molecule has 0 spiro atoms. The quantitative estimate of drug-likeness (QED) is 0.693.